The Labute approximate surface area is 160 Å². The van der Waals surface area contributed by atoms with E-state index in [1.54, 1.807) is 19.2 Å². The zero-order valence-electron chi connectivity index (χ0n) is 16.4. The highest BCUT2D eigenvalue weighted by Crippen LogP contribution is 2.30. The number of nitrogens with zero attached hydrogens (tertiary/aromatic N) is 1. The lowest BCUT2D eigenvalue weighted by Crippen LogP contribution is -2.40. The molecule has 0 N–H and O–H groups in total. The number of methoxy groups -OCH3 is 2. The van der Waals surface area contributed by atoms with E-state index in [9.17, 15) is 4.79 Å². The Hall–Kier alpha value is -2.53. The lowest BCUT2D eigenvalue weighted by molar-refractivity contribution is 0.0600. The molecular formula is C22H27NO4. The Kier molecular flexibility index (Phi) is 6.01. The molecule has 144 valence electrons. The number of carbonyl (C=O) groups excluding carboxylic acids is 1. The van der Waals surface area contributed by atoms with Crippen molar-refractivity contribution in [3.63, 3.8) is 0 Å². The van der Waals surface area contributed by atoms with Crippen molar-refractivity contribution in [2.75, 3.05) is 20.8 Å². The van der Waals surface area contributed by atoms with Crippen LogP contribution in [-0.2, 0) is 17.8 Å². The molecule has 0 saturated heterocycles. The summed E-state index contributed by atoms with van der Waals surface area (Å²) in [5.74, 6) is 1.72. The summed E-state index contributed by atoms with van der Waals surface area (Å²) in [5.41, 5.74) is 2.83. The number of carbonyl (C=O) groups is 1. The molecule has 5 nitrogen and oxygen atoms in total. The van der Waals surface area contributed by atoms with Crippen molar-refractivity contribution in [2.45, 2.75) is 33.0 Å². The summed E-state index contributed by atoms with van der Waals surface area (Å²) < 4.78 is 16.2. The Morgan fingerprint density at radius 3 is 2.56 bits per heavy atom. The van der Waals surface area contributed by atoms with Crippen LogP contribution in [0, 0.1) is 5.92 Å². The molecule has 2 aromatic carbocycles. The lowest BCUT2D eigenvalue weighted by Gasteiger charge is -2.32. The maximum Gasteiger partial charge on any atom is 0.337 e. The fourth-order valence-corrected chi connectivity index (χ4v) is 3.43. The molecule has 0 bridgehead atoms. The van der Waals surface area contributed by atoms with E-state index in [-0.39, 0.29) is 12.0 Å². The normalized spacial score (nSPS) is 17.0. The van der Waals surface area contributed by atoms with Crippen molar-refractivity contribution in [1.82, 2.24) is 4.90 Å². The molecule has 5 heteroatoms. The average Bonchev–Trinajstić information content (AvgIpc) is 2.86. The van der Waals surface area contributed by atoms with Gasteiger partial charge in [0.25, 0.3) is 0 Å². The third-order valence-electron chi connectivity index (χ3n) is 5.05. The molecule has 0 radical (unpaired) electrons. The van der Waals surface area contributed by atoms with Crippen molar-refractivity contribution in [3.05, 3.63) is 59.2 Å². The van der Waals surface area contributed by atoms with Gasteiger partial charge in [0.1, 0.15) is 18.1 Å². The molecule has 1 aliphatic heterocycles. The Morgan fingerprint density at radius 2 is 1.93 bits per heavy atom. The summed E-state index contributed by atoms with van der Waals surface area (Å²) in [7, 11) is 3.07. The zero-order valence-corrected chi connectivity index (χ0v) is 16.4. The molecule has 1 atom stereocenters. The van der Waals surface area contributed by atoms with Gasteiger partial charge in [0.05, 0.1) is 19.8 Å². The summed E-state index contributed by atoms with van der Waals surface area (Å²) in [6.07, 6.45) is 0. The van der Waals surface area contributed by atoms with Crippen LogP contribution in [0.3, 0.4) is 0 Å². The quantitative estimate of drug-likeness (QED) is 0.748. The van der Waals surface area contributed by atoms with E-state index < -0.39 is 0 Å². The van der Waals surface area contributed by atoms with Crippen LogP contribution in [0.25, 0.3) is 0 Å². The van der Waals surface area contributed by atoms with E-state index in [1.807, 2.05) is 18.2 Å². The Morgan fingerprint density at radius 1 is 1.19 bits per heavy atom. The van der Waals surface area contributed by atoms with Crippen molar-refractivity contribution < 1.29 is 19.0 Å². The van der Waals surface area contributed by atoms with E-state index in [4.69, 9.17) is 14.2 Å². The third-order valence-corrected chi connectivity index (χ3v) is 5.05. The van der Waals surface area contributed by atoms with Crippen LogP contribution in [0.2, 0.25) is 0 Å². The minimum Gasteiger partial charge on any atom is -0.497 e. The van der Waals surface area contributed by atoms with Gasteiger partial charge in [-0.1, -0.05) is 32.0 Å². The van der Waals surface area contributed by atoms with Crippen LogP contribution in [0.1, 0.15) is 35.3 Å². The van der Waals surface area contributed by atoms with Gasteiger partial charge in [-0.15, -0.1) is 0 Å². The van der Waals surface area contributed by atoms with Crippen molar-refractivity contribution >= 4 is 5.97 Å². The minimum absolute atomic E-state index is 0.279. The number of esters is 1. The second kappa shape index (κ2) is 8.44. The maximum absolute atomic E-state index is 11.8. The molecule has 0 spiro atoms. The van der Waals surface area contributed by atoms with Crippen LogP contribution in [0.4, 0.5) is 0 Å². The van der Waals surface area contributed by atoms with E-state index in [1.165, 1.54) is 12.7 Å². The van der Waals surface area contributed by atoms with Crippen LogP contribution in [0.15, 0.2) is 42.5 Å². The third kappa shape index (κ3) is 4.42. The van der Waals surface area contributed by atoms with Gasteiger partial charge < -0.3 is 14.2 Å². The van der Waals surface area contributed by atoms with Gasteiger partial charge in [0, 0.05) is 24.7 Å². The van der Waals surface area contributed by atoms with Crippen LogP contribution < -0.4 is 9.47 Å². The van der Waals surface area contributed by atoms with Crippen LogP contribution in [-0.4, -0.2) is 37.7 Å². The van der Waals surface area contributed by atoms with E-state index in [0.29, 0.717) is 18.1 Å². The molecule has 0 unspecified atom stereocenters. The number of fused-ring (bicyclic) bond motifs is 1. The molecule has 1 aliphatic rings. The predicted molar refractivity (Wildman–Crippen MR) is 104 cm³/mol. The van der Waals surface area contributed by atoms with Gasteiger partial charge in [-0.2, -0.15) is 0 Å². The van der Waals surface area contributed by atoms with Gasteiger partial charge >= 0.3 is 5.97 Å². The van der Waals surface area contributed by atoms with Crippen molar-refractivity contribution in [1.29, 1.82) is 0 Å². The molecule has 0 fully saturated rings. The second-order valence-corrected chi connectivity index (χ2v) is 7.19. The van der Waals surface area contributed by atoms with Gasteiger partial charge in [0.2, 0.25) is 0 Å². The number of hydrogen-bond donors (Lipinski definition) is 0. The Balaban J connectivity index is 1.85. The molecule has 0 aromatic heterocycles. The van der Waals surface area contributed by atoms with Gasteiger partial charge in [-0.05, 0) is 35.7 Å². The summed E-state index contributed by atoms with van der Waals surface area (Å²) in [6.45, 7) is 6.61. The summed E-state index contributed by atoms with van der Waals surface area (Å²) >= 11 is 0. The number of hydrogen-bond acceptors (Lipinski definition) is 5. The molecular weight excluding hydrogens is 342 g/mol. The summed E-state index contributed by atoms with van der Waals surface area (Å²) in [5, 5.41) is 0. The Bertz CT molecular complexity index is 785. The van der Waals surface area contributed by atoms with Crippen molar-refractivity contribution in [2.24, 2.45) is 5.92 Å². The number of benzene rings is 2. The highest BCUT2D eigenvalue weighted by atomic mass is 16.5. The second-order valence-electron chi connectivity index (χ2n) is 7.19. The van der Waals surface area contributed by atoms with E-state index in [0.717, 1.165) is 30.2 Å². The molecule has 3 rings (SSSR count). The molecule has 0 saturated carbocycles. The smallest absolute Gasteiger partial charge is 0.337 e. The van der Waals surface area contributed by atoms with Crippen LogP contribution in [0.5, 0.6) is 11.5 Å². The fraction of sp³-hybridized carbons (Fsp3) is 0.409. The fourth-order valence-electron chi connectivity index (χ4n) is 3.43. The largest absolute Gasteiger partial charge is 0.497 e. The first kappa shape index (κ1) is 19.2. The highest BCUT2D eigenvalue weighted by molar-refractivity contribution is 5.89. The standard InChI is InChI=1S/C22H27NO4/c1-15(2)20-14-27-21-11-17(22(24)26-4)7-8-18(21)13-23(20)12-16-5-9-19(25-3)10-6-16/h5-11,15,20H,12-14H2,1-4H3/t20-/m1/s1. The molecule has 1 heterocycles. The minimum atomic E-state index is -0.346. The maximum atomic E-state index is 11.8. The van der Waals surface area contributed by atoms with Crippen molar-refractivity contribution in [3.8, 4) is 11.5 Å². The molecule has 0 aliphatic carbocycles. The van der Waals surface area contributed by atoms with E-state index in [2.05, 4.69) is 30.9 Å². The van der Waals surface area contributed by atoms with Gasteiger partial charge in [-0.25, -0.2) is 4.79 Å². The van der Waals surface area contributed by atoms with E-state index >= 15 is 0 Å². The summed E-state index contributed by atoms with van der Waals surface area (Å²) in [6, 6.07) is 14.0. The van der Waals surface area contributed by atoms with Gasteiger partial charge in [0.15, 0.2) is 0 Å². The highest BCUT2D eigenvalue weighted by Gasteiger charge is 2.28. The average molecular weight is 369 g/mol. The zero-order chi connectivity index (χ0) is 19.4. The first-order valence-electron chi connectivity index (χ1n) is 9.23. The SMILES string of the molecule is COC(=O)c1ccc2c(c1)OC[C@H](C(C)C)N(Cc1ccc(OC)cc1)C2. The first-order valence-corrected chi connectivity index (χ1v) is 9.23. The monoisotopic (exact) mass is 369 g/mol. The lowest BCUT2D eigenvalue weighted by atomic mass is 10.0. The predicted octanol–water partition coefficient (Wildman–Crippen LogP) is 3.90. The summed E-state index contributed by atoms with van der Waals surface area (Å²) in [4.78, 5) is 14.3. The molecule has 0 amide bonds. The number of ether oxygens (including phenoxy) is 3. The first-order chi connectivity index (χ1) is 13.0. The number of rotatable bonds is 5. The van der Waals surface area contributed by atoms with Gasteiger partial charge in [-0.3, -0.25) is 4.90 Å². The molecule has 27 heavy (non-hydrogen) atoms. The topological polar surface area (TPSA) is 48.0 Å². The van der Waals surface area contributed by atoms with Crippen LogP contribution >= 0.6 is 0 Å². The molecule has 2 aromatic rings.